The molecule has 0 aromatic heterocycles. The van der Waals surface area contributed by atoms with Crippen molar-refractivity contribution in [2.75, 3.05) is 9.80 Å². The lowest BCUT2D eigenvalue weighted by Gasteiger charge is -2.43. The Morgan fingerprint density at radius 2 is 1.11 bits per heavy atom. The van der Waals surface area contributed by atoms with Crippen LogP contribution in [0, 0.1) is 5.92 Å². The Hall–Kier alpha value is -6.12. The van der Waals surface area contributed by atoms with E-state index in [0.717, 1.165) is 12.8 Å². The van der Waals surface area contributed by atoms with Crippen LogP contribution >= 0.6 is 0 Å². The number of fused-ring (bicyclic) bond motifs is 7. The van der Waals surface area contributed by atoms with Crippen LogP contribution in [0.25, 0.3) is 21.9 Å². The normalized spacial score (nSPS) is 23.7. The number of hydrogen-bond donors (Lipinski definition) is 0. The Labute approximate surface area is 324 Å². The zero-order chi connectivity index (χ0) is 36.5. The number of hydrogen-bond acceptors (Lipinski definition) is 2. The van der Waals surface area contributed by atoms with Crippen LogP contribution < -0.4 is 9.80 Å². The topological polar surface area (TPSA) is 6.48 Å². The standard InChI is InChI=1S/C53H44N2/c1-35-45(37-19-7-3-8-20-37)31-39(32-46(35)38-21-9-4-10-22-38)54-49-27-15-13-25-43(49)47-34-53-48(33-52(47)54)44-26-14-16-28-50(44)55(53)51-30-29-40(36-17-5-2-6-18-36)41-23-11-12-24-42(41)51/h2-31,34-35,45-48,52H,32-33H2,1H3. The first-order valence-electron chi connectivity index (χ1n) is 20.1. The van der Waals surface area contributed by atoms with E-state index in [2.05, 4.69) is 205 Å². The molecule has 0 saturated heterocycles. The summed E-state index contributed by atoms with van der Waals surface area (Å²) in [5, 5.41) is 2.58. The lowest BCUT2D eigenvalue weighted by atomic mass is 9.70. The molecule has 0 spiro atoms. The number of nitrogens with zero attached hydrogens (tertiary/aromatic N) is 2. The fourth-order valence-corrected chi connectivity index (χ4v) is 10.7. The van der Waals surface area contributed by atoms with E-state index in [4.69, 9.17) is 0 Å². The van der Waals surface area contributed by atoms with Gasteiger partial charge >= 0.3 is 0 Å². The summed E-state index contributed by atoms with van der Waals surface area (Å²) in [5.41, 5.74) is 15.1. The predicted molar refractivity (Wildman–Crippen MR) is 229 cm³/mol. The van der Waals surface area contributed by atoms with Crippen LogP contribution in [0.2, 0.25) is 0 Å². The van der Waals surface area contributed by atoms with Gasteiger partial charge in [0, 0.05) is 52.0 Å². The van der Waals surface area contributed by atoms with Gasteiger partial charge in [-0.25, -0.2) is 0 Å². The second-order valence-corrected chi connectivity index (χ2v) is 16.0. The molecule has 0 fully saturated rings. The van der Waals surface area contributed by atoms with Gasteiger partial charge in [0.05, 0.1) is 5.69 Å². The van der Waals surface area contributed by atoms with Gasteiger partial charge in [0.1, 0.15) is 0 Å². The highest BCUT2D eigenvalue weighted by molar-refractivity contribution is 6.06. The summed E-state index contributed by atoms with van der Waals surface area (Å²) >= 11 is 0. The Morgan fingerprint density at radius 1 is 0.491 bits per heavy atom. The first-order valence-corrected chi connectivity index (χ1v) is 20.1. The van der Waals surface area contributed by atoms with E-state index in [1.807, 2.05) is 0 Å². The van der Waals surface area contributed by atoms with Crippen LogP contribution in [0.5, 0.6) is 0 Å². The highest BCUT2D eigenvalue weighted by atomic mass is 15.2. The average molecular weight is 709 g/mol. The van der Waals surface area contributed by atoms with Crippen LogP contribution in [0.1, 0.15) is 65.7 Å². The van der Waals surface area contributed by atoms with Gasteiger partial charge in [0.2, 0.25) is 0 Å². The first kappa shape index (κ1) is 32.3. The Balaban J connectivity index is 1.05. The minimum absolute atomic E-state index is 0.291. The van der Waals surface area contributed by atoms with Crippen molar-refractivity contribution in [2.45, 2.75) is 49.5 Å². The Bertz CT molecular complexity index is 2610. The summed E-state index contributed by atoms with van der Waals surface area (Å²) in [5.74, 6) is 1.85. The van der Waals surface area contributed by atoms with Gasteiger partial charge in [-0.3, -0.25) is 0 Å². The van der Waals surface area contributed by atoms with Gasteiger partial charge in [-0.2, -0.15) is 0 Å². The third-order valence-electron chi connectivity index (χ3n) is 13.2. The van der Waals surface area contributed by atoms with Crippen molar-refractivity contribution < 1.29 is 0 Å². The highest BCUT2D eigenvalue weighted by Gasteiger charge is 2.49. The molecule has 266 valence electrons. The molecule has 2 nitrogen and oxygen atoms in total. The number of allylic oxidation sites excluding steroid dienone is 3. The minimum atomic E-state index is 0.291. The summed E-state index contributed by atoms with van der Waals surface area (Å²) < 4.78 is 0. The van der Waals surface area contributed by atoms with E-state index in [-0.39, 0.29) is 0 Å². The highest BCUT2D eigenvalue weighted by Crippen LogP contribution is 2.60. The van der Waals surface area contributed by atoms with E-state index >= 15 is 0 Å². The summed E-state index contributed by atoms with van der Waals surface area (Å²) in [6, 6.07) is 65.8. The van der Waals surface area contributed by atoms with Crippen molar-refractivity contribution in [3.63, 3.8) is 0 Å². The second kappa shape index (κ2) is 13.0. The quantitative estimate of drug-likeness (QED) is 0.176. The van der Waals surface area contributed by atoms with Crippen LogP contribution in [-0.4, -0.2) is 6.04 Å². The number of anilines is 3. The van der Waals surface area contributed by atoms with Crippen molar-refractivity contribution in [3.05, 3.63) is 222 Å². The zero-order valence-corrected chi connectivity index (χ0v) is 31.2. The maximum absolute atomic E-state index is 2.79. The molecule has 0 N–H and O–H groups in total. The van der Waals surface area contributed by atoms with Crippen molar-refractivity contribution >= 4 is 27.8 Å². The molecule has 55 heavy (non-hydrogen) atoms. The van der Waals surface area contributed by atoms with Gasteiger partial charge in [0.25, 0.3) is 0 Å². The van der Waals surface area contributed by atoms with E-state index in [1.54, 1.807) is 0 Å². The van der Waals surface area contributed by atoms with Crippen LogP contribution in [0.15, 0.2) is 199 Å². The molecular formula is C53H44N2. The third-order valence-corrected chi connectivity index (χ3v) is 13.2. The molecule has 6 atom stereocenters. The summed E-state index contributed by atoms with van der Waals surface area (Å²) in [6.07, 6.45) is 7.41. The van der Waals surface area contributed by atoms with Gasteiger partial charge in [0.15, 0.2) is 0 Å². The average Bonchev–Trinajstić information content (AvgIpc) is 3.75. The second-order valence-electron chi connectivity index (χ2n) is 16.0. The van der Waals surface area contributed by atoms with Crippen LogP contribution in [-0.2, 0) is 0 Å². The van der Waals surface area contributed by atoms with Crippen molar-refractivity contribution in [1.29, 1.82) is 0 Å². The van der Waals surface area contributed by atoms with Crippen molar-refractivity contribution in [1.82, 2.24) is 0 Å². The van der Waals surface area contributed by atoms with Gasteiger partial charge < -0.3 is 9.80 Å². The smallest absolute Gasteiger partial charge is 0.0537 e. The van der Waals surface area contributed by atoms with Gasteiger partial charge in [-0.15, -0.1) is 0 Å². The molecule has 4 aliphatic rings. The molecule has 0 saturated carbocycles. The zero-order valence-electron chi connectivity index (χ0n) is 31.2. The Kier molecular flexibility index (Phi) is 7.65. The monoisotopic (exact) mass is 708 g/mol. The molecule has 2 aliphatic carbocycles. The van der Waals surface area contributed by atoms with Gasteiger partial charge in [-0.1, -0.05) is 177 Å². The fourth-order valence-electron chi connectivity index (χ4n) is 10.7. The number of benzene rings is 7. The summed E-state index contributed by atoms with van der Waals surface area (Å²) in [6.45, 7) is 2.47. The minimum Gasteiger partial charge on any atom is -0.341 e. The van der Waals surface area contributed by atoms with Crippen LogP contribution in [0.3, 0.4) is 0 Å². The van der Waals surface area contributed by atoms with Crippen molar-refractivity contribution in [3.8, 4) is 11.1 Å². The van der Waals surface area contributed by atoms with Gasteiger partial charge in [-0.05, 0) is 81.6 Å². The SMILES string of the molecule is CC1C(c2ccccc2)C=C(N2c3ccccc3C3C=C4C(CC32)c2ccccc2N4c2ccc(-c3ccccc3)c3ccccc23)CC1c1ccccc1. The largest absolute Gasteiger partial charge is 0.341 e. The molecule has 6 unspecified atom stereocenters. The molecule has 2 heterocycles. The van der Waals surface area contributed by atoms with E-state index in [1.165, 1.54) is 72.6 Å². The molecular weight excluding hydrogens is 665 g/mol. The summed E-state index contributed by atoms with van der Waals surface area (Å²) in [4.78, 5) is 5.40. The molecule has 7 aromatic carbocycles. The first-order chi connectivity index (χ1) is 27.2. The van der Waals surface area contributed by atoms with Crippen molar-refractivity contribution in [2.24, 2.45) is 5.92 Å². The third kappa shape index (κ3) is 5.15. The molecule has 11 rings (SSSR count). The summed E-state index contributed by atoms with van der Waals surface area (Å²) in [7, 11) is 0. The van der Waals surface area contributed by atoms with E-state index in [9.17, 15) is 0 Å². The number of rotatable bonds is 5. The van der Waals surface area contributed by atoms with E-state index < -0.39 is 0 Å². The van der Waals surface area contributed by atoms with E-state index in [0.29, 0.717) is 35.6 Å². The molecule has 0 amide bonds. The lowest BCUT2D eigenvalue weighted by molar-refractivity contribution is 0.383. The molecule has 2 heteroatoms. The Morgan fingerprint density at radius 3 is 1.87 bits per heavy atom. The van der Waals surface area contributed by atoms with Crippen LogP contribution in [0.4, 0.5) is 17.1 Å². The maximum Gasteiger partial charge on any atom is 0.0537 e. The molecule has 7 aromatic rings. The molecule has 0 bridgehead atoms. The predicted octanol–water partition coefficient (Wildman–Crippen LogP) is 13.5. The lowest BCUT2D eigenvalue weighted by Crippen LogP contribution is -2.39. The number of para-hydroxylation sites is 2. The molecule has 0 radical (unpaired) electrons. The maximum atomic E-state index is 2.79. The fraction of sp³-hybridized carbons (Fsp3) is 0.170. The molecule has 2 aliphatic heterocycles.